The Morgan fingerprint density at radius 2 is 1.80 bits per heavy atom. The maximum absolute atomic E-state index is 11.0. The number of nitro benzene ring substituents is 1. The highest BCUT2D eigenvalue weighted by Gasteiger charge is 2.19. The van der Waals surface area contributed by atoms with Crippen LogP contribution in [0.2, 0.25) is 0 Å². The number of allylic oxidation sites excluding steroid dienone is 1. The van der Waals surface area contributed by atoms with Crippen molar-refractivity contribution in [1.82, 2.24) is 0 Å². The van der Waals surface area contributed by atoms with Gasteiger partial charge in [-0.15, -0.1) is 6.58 Å². The largest absolute Gasteiger partial charge is 0.497 e. The van der Waals surface area contributed by atoms with Gasteiger partial charge in [0.2, 0.25) is 0 Å². The molecular weight excluding hydrogens is 374 g/mol. The first-order valence-electron chi connectivity index (χ1n) is 9.80. The normalized spacial score (nSPS) is 11.5. The van der Waals surface area contributed by atoms with Crippen LogP contribution in [0.25, 0.3) is 5.57 Å². The van der Waals surface area contributed by atoms with E-state index in [-0.39, 0.29) is 16.5 Å². The molecule has 0 aromatic heterocycles. The molecule has 0 amide bonds. The highest BCUT2D eigenvalue weighted by molar-refractivity contribution is 5.80. The Labute approximate surface area is 177 Å². The van der Waals surface area contributed by atoms with Gasteiger partial charge in [0.15, 0.2) is 0 Å². The summed E-state index contributed by atoms with van der Waals surface area (Å²) in [5.74, 6) is 0.918. The van der Waals surface area contributed by atoms with E-state index in [1.165, 1.54) is 0 Å². The van der Waals surface area contributed by atoms with E-state index in [1.807, 2.05) is 42.5 Å². The molecule has 0 bridgehead atoms. The molecule has 3 aromatic carbocycles. The van der Waals surface area contributed by atoms with E-state index < -0.39 is 0 Å². The van der Waals surface area contributed by atoms with Crippen molar-refractivity contribution in [2.75, 3.05) is 7.11 Å². The Hall–Kier alpha value is -3.66. The summed E-state index contributed by atoms with van der Waals surface area (Å²) < 4.78 is 5.49. The third-order valence-electron chi connectivity index (χ3n) is 5.23. The van der Waals surface area contributed by atoms with Crippen molar-refractivity contribution in [1.29, 1.82) is 0 Å². The Morgan fingerprint density at radius 1 is 1.10 bits per heavy atom. The van der Waals surface area contributed by atoms with Gasteiger partial charge in [-0.3, -0.25) is 10.1 Å². The molecule has 1 atom stereocenters. The summed E-state index contributed by atoms with van der Waals surface area (Å²) in [5.41, 5.74) is 5.34. The molecule has 0 fully saturated rings. The van der Waals surface area contributed by atoms with Gasteiger partial charge < -0.3 is 4.74 Å². The molecule has 0 aliphatic rings. The van der Waals surface area contributed by atoms with Crippen LogP contribution in [0.3, 0.4) is 0 Å². The fraction of sp³-hybridized carbons (Fsp3) is 0.154. The van der Waals surface area contributed by atoms with Gasteiger partial charge in [0.1, 0.15) is 5.75 Å². The number of benzene rings is 3. The zero-order chi connectivity index (χ0) is 21.5. The molecule has 0 radical (unpaired) electrons. The van der Waals surface area contributed by atoms with Crippen molar-refractivity contribution >= 4 is 11.3 Å². The van der Waals surface area contributed by atoms with Gasteiger partial charge in [0.25, 0.3) is 5.69 Å². The molecule has 0 saturated heterocycles. The molecule has 30 heavy (non-hydrogen) atoms. The highest BCUT2D eigenvalue weighted by Crippen LogP contribution is 2.36. The maximum atomic E-state index is 11.0. The van der Waals surface area contributed by atoms with E-state index in [0.717, 1.165) is 46.4 Å². The lowest BCUT2D eigenvalue weighted by Crippen LogP contribution is -2.07. The summed E-state index contributed by atoms with van der Waals surface area (Å²) in [6.45, 7) is 8.29. The number of ether oxygens (including phenoxy) is 1. The molecular formula is C26H25NO3. The zero-order valence-electron chi connectivity index (χ0n) is 17.1. The average molecular weight is 399 g/mol. The molecule has 1 unspecified atom stereocenters. The van der Waals surface area contributed by atoms with Gasteiger partial charge >= 0.3 is 0 Å². The van der Waals surface area contributed by atoms with Crippen LogP contribution in [0.1, 0.15) is 34.6 Å². The SMILES string of the molecule is C=CCC(Cc1ccc([N+](=O)[O-])cc1)c1cc(OC)ccc1C(=C)c1ccccc1. The van der Waals surface area contributed by atoms with Crippen molar-refractivity contribution in [2.24, 2.45) is 0 Å². The first kappa shape index (κ1) is 21.1. The predicted molar refractivity (Wildman–Crippen MR) is 122 cm³/mol. The number of nitrogens with zero attached hydrogens (tertiary/aromatic N) is 1. The first-order valence-corrected chi connectivity index (χ1v) is 9.80. The quantitative estimate of drug-likeness (QED) is 0.232. The van der Waals surface area contributed by atoms with Gasteiger partial charge in [-0.1, -0.05) is 61.2 Å². The van der Waals surface area contributed by atoms with Gasteiger partial charge in [-0.05, 0) is 58.7 Å². The van der Waals surface area contributed by atoms with Crippen molar-refractivity contribution in [3.05, 3.63) is 124 Å². The van der Waals surface area contributed by atoms with Crippen LogP contribution in [0.5, 0.6) is 5.75 Å². The molecule has 4 nitrogen and oxygen atoms in total. The van der Waals surface area contributed by atoms with Crippen LogP contribution in [-0.4, -0.2) is 12.0 Å². The second-order valence-corrected chi connectivity index (χ2v) is 7.15. The summed E-state index contributed by atoms with van der Waals surface area (Å²) in [6, 6.07) is 22.9. The van der Waals surface area contributed by atoms with E-state index in [4.69, 9.17) is 4.74 Å². The summed E-state index contributed by atoms with van der Waals surface area (Å²) in [5, 5.41) is 11.0. The highest BCUT2D eigenvalue weighted by atomic mass is 16.6. The summed E-state index contributed by atoms with van der Waals surface area (Å²) >= 11 is 0. The molecule has 4 heteroatoms. The number of nitro groups is 1. The third kappa shape index (κ3) is 4.84. The van der Waals surface area contributed by atoms with Crippen molar-refractivity contribution < 1.29 is 9.66 Å². The van der Waals surface area contributed by atoms with Crippen LogP contribution in [-0.2, 0) is 6.42 Å². The minimum absolute atomic E-state index is 0.0959. The number of methoxy groups -OCH3 is 1. The van der Waals surface area contributed by atoms with Crippen LogP contribution >= 0.6 is 0 Å². The molecule has 3 rings (SSSR count). The predicted octanol–water partition coefficient (Wildman–Crippen LogP) is 6.57. The molecule has 0 aliphatic heterocycles. The Kier molecular flexibility index (Phi) is 6.81. The van der Waals surface area contributed by atoms with E-state index in [2.05, 4.69) is 37.4 Å². The van der Waals surface area contributed by atoms with E-state index in [0.29, 0.717) is 0 Å². The number of hydrogen-bond acceptors (Lipinski definition) is 3. The lowest BCUT2D eigenvalue weighted by molar-refractivity contribution is -0.384. The molecule has 0 saturated carbocycles. The van der Waals surface area contributed by atoms with Gasteiger partial charge in [0.05, 0.1) is 12.0 Å². The second-order valence-electron chi connectivity index (χ2n) is 7.15. The average Bonchev–Trinajstić information content (AvgIpc) is 2.79. The summed E-state index contributed by atoms with van der Waals surface area (Å²) in [4.78, 5) is 10.6. The Bertz CT molecular complexity index is 1040. The Morgan fingerprint density at radius 3 is 2.40 bits per heavy atom. The number of rotatable bonds is 9. The smallest absolute Gasteiger partial charge is 0.269 e. The van der Waals surface area contributed by atoms with Crippen molar-refractivity contribution in [3.63, 3.8) is 0 Å². The van der Waals surface area contributed by atoms with Crippen LogP contribution in [0.4, 0.5) is 5.69 Å². The van der Waals surface area contributed by atoms with Crippen LogP contribution in [0, 0.1) is 10.1 Å². The molecule has 0 N–H and O–H groups in total. The standard InChI is InChI=1S/C26H25NO3/c1-4-8-22(17-20-11-13-23(14-12-20)27(28)29)26-18-24(30-3)15-16-25(26)19(2)21-9-6-5-7-10-21/h4-7,9-16,18,22H,1-2,8,17H2,3H3. The first-order chi connectivity index (χ1) is 14.5. The van der Waals surface area contributed by atoms with E-state index in [1.54, 1.807) is 19.2 Å². The molecule has 3 aromatic rings. The van der Waals surface area contributed by atoms with Gasteiger partial charge in [-0.2, -0.15) is 0 Å². The van der Waals surface area contributed by atoms with Gasteiger partial charge in [-0.25, -0.2) is 0 Å². The van der Waals surface area contributed by atoms with E-state index in [9.17, 15) is 10.1 Å². The Balaban J connectivity index is 2.00. The number of non-ortho nitro benzene ring substituents is 1. The minimum atomic E-state index is -0.380. The molecule has 0 heterocycles. The monoisotopic (exact) mass is 399 g/mol. The minimum Gasteiger partial charge on any atom is -0.497 e. The number of hydrogen-bond donors (Lipinski definition) is 0. The fourth-order valence-corrected chi connectivity index (χ4v) is 3.63. The second kappa shape index (κ2) is 9.70. The lowest BCUT2D eigenvalue weighted by Gasteiger charge is -2.22. The van der Waals surface area contributed by atoms with Crippen LogP contribution < -0.4 is 4.74 Å². The summed E-state index contributed by atoms with van der Waals surface area (Å²) in [6.07, 6.45) is 3.40. The van der Waals surface area contributed by atoms with Crippen molar-refractivity contribution in [2.45, 2.75) is 18.8 Å². The third-order valence-corrected chi connectivity index (χ3v) is 5.23. The van der Waals surface area contributed by atoms with Crippen molar-refractivity contribution in [3.8, 4) is 5.75 Å². The lowest BCUT2D eigenvalue weighted by atomic mass is 9.83. The maximum Gasteiger partial charge on any atom is 0.269 e. The van der Waals surface area contributed by atoms with Gasteiger partial charge in [0, 0.05) is 12.1 Å². The molecule has 0 aliphatic carbocycles. The van der Waals surface area contributed by atoms with Crippen LogP contribution in [0.15, 0.2) is 92.0 Å². The zero-order valence-corrected chi connectivity index (χ0v) is 17.1. The molecule has 0 spiro atoms. The summed E-state index contributed by atoms with van der Waals surface area (Å²) in [7, 11) is 1.66. The van der Waals surface area contributed by atoms with E-state index >= 15 is 0 Å². The molecule has 152 valence electrons. The fourth-order valence-electron chi connectivity index (χ4n) is 3.63. The topological polar surface area (TPSA) is 52.4 Å².